The number of methoxy groups -OCH3 is 1. The van der Waals surface area contributed by atoms with Gasteiger partial charge in [-0.2, -0.15) is 5.10 Å². The standard InChI is InChI=1S/C22H24ClN3O4/c1-4-29-20-8-6-15(10-21(20)30-5-2)13-26-14-17(12-24-26)25-22(27)18-11-16(23)7-9-19(18)28-3/h6-12,14H,4-5,13H2,1-3H3,(H,25,27). The van der Waals surface area contributed by atoms with Gasteiger partial charge in [-0.15, -0.1) is 0 Å². The summed E-state index contributed by atoms with van der Waals surface area (Å²) in [6.45, 7) is 5.50. The van der Waals surface area contributed by atoms with E-state index in [1.54, 1.807) is 35.3 Å². The predicted molar refractivity (Wildman–Crippen MR) is 116 cm³/mol. The van der Waals surface area contributed by atoms with E-state index >= 15 is 0 Å². The average molecular weight is 430 g/mol. The van der Waals surface area contributed by atoms with Crippen LogP contribution in [0.1, 0.15) is 29.8 Å². The summed E-state index contributed by atoms with van der Waals surface area (Å²) in [6.07, 6.45) is 3.35. The topological polar surface area (TPSA) is 74.6 Å². The zero-order chi connectivity index (χ0) is 21.5. The number of nitrogens with one attached hydrogen (secondary N) is 1. The van der Waals surface area contributed by atoms with E-state index in [0.29, 0.717) is 53.3 Å². The Morgan fingerprint density at radius 1 is 1.07 bits per heavy atom. The van der Waals surface area contributed by atoms with Crippen LogP contribution in [0.2, 0.25) is 5.02 Å². The van der Waals surface area contributed by atoms with Gasteiger partial charge in [-0.05, 0) is 49.7 Å². The largest absolute Gasteiger partial charge is 0.496 e. The zero-order valence-corrected chi connectivity index (χ0v) is 17.9. The normalized spacial score (nSPS) is 10.5. The molecule has 0 spiro atoms. The summed E-state index contributed by atoms with van der Waals surface area (Å²) in [4.78, 5) is 12.6. The lowest BCUT2D eigenvalue weighted by Gasteiger charge is -2.12. The minimum absolute atomic E-state index is 0.325. The van der Waals surface area contributed by atoms with Gasteiger partial charge in [-0.1, -0.05) is 17.7 Å². The first-order valence-corrected chi connectivity index (χ1v) is 9.97. The molecule has 0 aliphatic carbocycles. The highest BCUT2D eigenvalue weighted by atomic mass is 35.5. The highest BCUT2D eigenvalue weighted by molar-refractivity contribution is 6.31. The molecule has 8 heteroatoms. The lowest BCUT2D eigenvalue weighted by atomic mass is 10.2. The van der Waals surface area contributed by atoms with Crippen molar-refractivity contribution in [3.8, 4) is 17.2 Å². The van der Waals surface area contributed by atoms with Gasteiger partial charge in [0.25, 0.3) is 5.91 Å². The van der Waals surface area contributed by atoms with E-state index in [1.807, 2.05) is 32.0 Å². The van der Waals surface area contributed by atoms with Crippen LogP contribution >= 0.6 is 11.6 Å². The predicted octanol–water partition coefficient (Wildman–Crippen LogP) is 4.64. The van der Waals surface area contributed by atoms with Crippen LogP contribution in [0, 0.1) is 0 Å². The number of aromatic nitrogens is 2. The number of carbonyl (C=O) groups is 1. The Kier molecular flexibility index (Phi) is 7.19. The molecule has 2 aromatic carbocycles. The first-order valence-electron chi connectivity index (χ1n) is 9.59. The average Bonchev–Trinajstić information content (AvgIpc) is 3.17. The highest BCUT2D eigenvalue weighted by Gasteiger charge is 2.14. The number of rotatable bonds is 9. The maximum Gasteiger partial charge on any atom is 0.259 e. The van der Waals surface area contributed by atoms with Gasteiger partial charge in [0.1, 0.15) is 5.75 Å². The first kappa shape index (κ1) is 21.5. The van der Waals surface area contributed by atoms with Crippen LogP contribution < -0.4 is 19.5 Å². The van der Waals surface area contributed by atoms with E-state index in [2.05, 4.69) is 10.4 Å². The van der Waals surface area contributed by atoms with E-state index < -0.39 is 0 Å². The second-order valence-corrected chi connectivity index (χ2v) is 6.81. The van der Waals surface area contributed by atoms with E-state index in [-0.39, 0.29) is 5.91 Å². The van der Waals surface area contributed by atoms with Crippen LogP contribution in [0.25, 0.3) is 0 Å². The van der Waals surface area contributed by atoms with Gasteiger partial charge in [0, 0.05) is 11.2 Å². The monoisotopic (exact) mass is 429 g/mol. The molecule has 1 heterocycles. The number of halogens is 1. The SMILES string of the molecule is CCOc1ccc(Cn2cc(NC(=O)c3cc(Cl)ccc3OC)cn2)cc1OCC. The molecule has 0 unspecified atom stereocenters. The molecule has 158 valence electrons. The number of nitrogens with zero attached hydrogens (tertiary/aromatic N) is 2. The third-order valence-corrected chi connectivity index (χ3v) is 4.48. The van der Waals surface area contributed by atoms with Crippen molar-refractivity contribution in [3.63, 3.8) is 0 Å². The van der Waals surface area contributed by atoms with Crippen LogP contribution in [0.15, 0.2) is 48.8 Å². The lowest BCUT2D eigenvalue weighted by molar-refractivity contribution is 0.102. The van der Waals surface area contributed by atoms with E-state index in [9.17, 15) is 4.79 Å². The molecule has 0 radical (unpaired) electrons. The molecular weight excluding hydrogens is 406 g/mol. The van der Waals surface area contributed by atoms with Crippen molar-refractivity contribution < 1.29 is 19.0 Å². The van der Waals surface area contributed by atoms with Gasteiger partial charge in [-0.25, -0.2) is 0 Å². The molecule has 7 nitrogen and oxygen atoms in total. The zero-order valence-electron chi connectivity index (χ0n) is 17.1. The Hall–Kier alpha value is -3.19. The Balaban J connectivity index is 1.72. The Morgan fingerprint density at radius 3 is 2.53 bits per heavy atom. The number of hydrogen-bond acceptors (Lipinski definition) is 5. The molecule has 1 amide bonds. The molecular formula is C22H24ClN3O4. The van der Waals surface area contributed by atoms with Gasteiger partial charge >= 0.3 is 0 Å². The van der Waals surface area contributed by atoms with Gasteiger partial charge in [0.05, 0.1) is 44.3 Å². The van der Waals surface area contributed by atoms with Gasteiger partial charge in [0.15, 0.2) is 11.5 Å². The van der Waals surface area contributed by atoms with Crippen molar-refractivity contribution in [2.75, 3.05) is 25.6 Å². The number of benzene rings is 2. The molecule has 0 saturated carbocycles. The molecule has 3 rings (SSSR count). The van der Waals surface area contributed by atoms with Crippen molar-refractivity contribution in [1.82, 2.24) is 9.78 Å². The third kappa shape index (κ3) is 5.24. The third-order valence-electron chi connectivity index (χ3n) is 4.25. The van der Waals surface area contributed by atoms with Crippen LogP contribution in [0.4, 0.5) is 5.69 Å². The highest BCUT2D eigenvalue weighted by Crippen LogP contribution is 2.29. The summed E-state index contributed by atoms with van der Waals surface area (Å²) >= 11 is 6.01. The Labute approximate surface area is 180 Å². The summed E-state index contributed by atoms with van der Waals surface area (Å²) < 4.78 is 18.2. The molecule has 0 atom stereocenters. The quantitative estimate of drug-likeness (QED) is 0.536. The van der Waals surface area contributed by atoms with E-state index in [0.717, 1.165) is 5.56 Å². The van der Waals surface area contributed by atoms with Crippen molar-refractivity contribution in [1.29, 1.82) is 0 Å². The Bertz CT molecular complexity index is 1020. The van der Waals surface area contributed by atoms with Gasteiger partial charge in [0.2, 0.25) is 0 Å². The maximum absolute atomic E-state index is 12.6. The fraction of sp³-hybridized carbons (Fsp3) is 0.273. The van der Waals surface area contributed by atoms with Crippen molar-refractivity contribution in [2.45, 2.75) is 20.4 Å². The minimum atomic E-state index is -0.325. The molecule has 0 fully saturated rings. The van der Waals surface area contributed by atoms with E-state index in [4.69, 9.17) is 25.8 Å². The molecule has 3 aromatic rings. The minimum Gasteiger partial charge on any atom is -0.496 e. The van der Waals surface area contributed by atoms with Crippen LogP contribution in [0.5, 0.6) is 17.2 Å². The van der Waals surface area contributed by atoms with Gasteiger partial charge in [-0.3, -0.25) is 9.48 Å². The summed E-state index contributed by atoms with van der Waals surface area (Å²) in [7, 11) is 1.51. The van der Waals surface area contributed by atoms with Gasteiger partial charge < -0.3 is 19.5 Å². The number of hydrogen-bond donors (Lipinski definition) is 1. The molecule has 0 aliphatic heterocycles. The second kappa shape index (κ2) is 10.0. The molecule has 30 heavy (non-hydrogen) atoms. The smallest absolute Gasteiger partial charge is 0.259 e. The second-order valence-electron chi connectivity index (χ2n) is 6.37. The lowest BCUT2D eigenvalue weighted by Crippen LogP contribution is -2.12. The number of carbonyl (C=O) groups excluding carboxylic acids is 1. The molecule has 1 N–H and O–H groups in total. The summed E-state index contributed by atoms with van der Waals surface area (Å²) in [5.74, 6) is 1.54. The maximum atomic E-state index is 12.6. The fourth-order valence-corrected chi connectivity index (χ4v) is 3.12. The molecule has 0 saturated heterocycles. The van der Waals surface area contributed by atoms with Crippen molar-refractivity contribution >= 4 is 23.2 Å². The summed E-state index contributed by atoms with van der Waals surface area (Å²) in [5, 5.41) is 7.60. The molecule has 0 bridgehead atoms. The first-order chi connectivity index (χ1) is 14.5. The van der Waals surface area contributed by atoms with Crippen LogP contribution in [0.3, 0.4) is 0 Å². The Morgan fingerprint density at radius 2 is 1.80 bits per heavy atom. The van der Waals surface area contributed by atoms with E-state index in [1.165, 1.54) is 7.11 Å². The summed E-state index contributed by atoms with van der Waals surface area (Å²) in [5.41, 5.74) is 1.92. The summed E-state index contributed by atoms with van der Waals surface area (Å²) in [6, 6.07) is 10.7. The molecule has 0 aliphatic rings. The fourth-order valence-electron chi connectivity index (χ4n) is 2.95. The van der Waals surface area contributed by atoms with Crippen molar-refractivity contribution in [2.24, 2.45) is 0 Å². The van der Waals surface area contributed by atoms with Crippen molar-refractivity contribution in [3.05, 3.63) is 64.9 Å². The number of anilines is 1. The number of amides is 1. The number of ether oxygens (including phenoxy) is 3. The molecule has 1 aromatic heterocycles. The van der Waals surface area contributed by atoms with Crippen LogP contribution in [-0.4, -0.2) is 36.0 Å². The van der Waals surface area contributed by atoms with Crippen LogP contribution in [-0.2, 0) is 6.54 Å².